The van der Waals surface area contributed by atoms with Crippen molar-refractivity contribution >= 4 is 28.9 Å². The van der Waals surface area contributed by atoms with Crippen molar-refractivity contribution in [1.29, 1.82) is 0 Å². The first kappa shape index (κ1) is 21.5. The minimum Gasteiger partial charge on any atom is -0.387 e. The molecule has 0 aliphatic heterocycles. The van der Waals surface area contributed by atoms with E-state index in [1.165, 1.54) is 6.20 Å². The summed E-state index contributed by atoms with van der Waals surface area (Å²) in [6, 6.07) is 9.58. The monoisotopic (exact) mass is 424 g/mol. The van der Waals surface area contributed by atoms with Crippen molar-refractivity contribution < 1.29 is 14.5 Å². The standard InChI is InChI=1S/C22H22FN5OS/c1-12-4-5-15(22(30)27-14(3)24)8-17(12)16-6-7-20(26-9-16)28-21(29)18-10-25-11-19(23)13(18)2/h4-11,21,29H,1-3H3,(H,26,28)(H2,24,27,30)/p+1. The number of aliphatic hydroxyl groups excluding tert-OH is 1. The SMILES string of the molecule is CC(N)=NC(=S)c1ccc(C)c(-c2ccc(NC(O)c3cncc(F)c3C)[nH+]c2)c1. The Labute approximate surface area is 179 Å². The minimum absolute atomic E-state index is 0.348. The van der Waals surface area contributed by atoms with Gasteiger partial charge in [0.25, 0.3) is 5.82 Å². The van der Waals surface area contributed by atoms with E-state index in [2.05, 4.69) is 20.3 Å². The molecule has 0 fully saturated rings. The van der Waals surface area contributed by atoms with E-state index in [1.54, 1.807) is 19.9 Å². The van der Waals surface area contributed by atoms with Gasteiger partial charge in [0.1, 0.15) is 10.8 Å². The molecule has 0 amide bonds. The molecule has 1 aromatic carbocycles. The van der Waals surface area contributed by atoms with E-state index >= 15 is 0 Å². The van der Waals surface area contributed by atoms with E-state index in [9.17, 15) is 9.50 Å². The molecule has 2 heterocycles. The van der Waals surface area contributed by atoms with E-state index in [0.717, 1.165) is 28.5 Å². The first-order valence-electron chi connectivity index (χ1n) is 9.28. The Balaban J connectivity index is 1.83. The summed E-state index contributed by atoms with van der Waals surface area (Å²) in [5.41, 5.74) is 10.2. The molecule has 1 unspecified atom stereocenters. The first-order valence-corrected chi connectivity index (χ1v) is 9.69. The average Bonchev–Trinajstić information content (AvgIpc) is 2.70. The van der Waals surface area contributed by atoms with Gasteiger partial charge < -0.3 is 10.8 Å². The zero-order valence-corrected chi connectivity index (χ0v) is 17.7. The lowest BCUT2D eigenvalue weighted by atomic mass is 9.99. The number of nitrogens with two attached hydrogens (primary N) is 1. The maximum atomic E-state index is 13.7. The Hall–Kier alpha value is -3.23. The van der Waals surface area contributed by atoms with Gasteiger partial charge in [-0.15, -0.1) is 0 Å². The van der Waals surface area contributed by atoms with E-state index in [0.29, 0.717) is 27.8 Å². The highest BCUT2D eigenvalue weighted by molar-refractivity contribution is 7.80. The van der Waals surface area contributed by atoms with Gasteiger partial charge in [-0.2, -0.15) is 0 Å². The molecule has 5 N–H and O–H groups in total. The highest BCUT2D eigenvalue weighted by Gasteiger charge is 2.18. The number of benzene rings is 1. The van der Waals surface area contributed by atoms with Gasteiger partial charge in [-0.25, -0.2) is 19.7 Å². The van der Waals surface area contributed by atoms with Crippen molar-refractivity contribution in [2.75, 3.05) is 5.32 Å². The summed E-state index contributed by atoms with van der Waals surface area (Å²) in [6.45, 7) is 5.30. The fourth-order valence-corrected chi connectivity index (χ4v) is 3.26. The molecule has 0 radical (unpaired) electrons. The highest BCUT2D eigenvalue weighted by Crippen LogP contribution is 2.25. The largest absolute Gasteiger partial charge is 0.387 e. The van der Waals surface area contributed by atoms with E-state index in [1.807, 2.05) is 37.4 Å². The van der Waals surface area contributed by atoms with Crippen LogP contribution in [0.15, 0.2) is 53.9 Å². The normalized spacial score (nSPS) is 12.5. The van der Waals surface area contributed by atoms with E-state index < -0.39 is 12.0 Å². The third kappa shape index (κ3) is 4.84. The summed E-state index contributed by atoms with van der Waals surface area (Å²) in [4.78, 5) is 11.5. The van der Waals surface area contributed by atoms with Crippen molar-refractivity contribution in [1.82, 2.24) is 4.98 Å². The Morgan fingerprint density at radius 2 is 2.03 bits per heavy atom. The number of halogens is 1. The molecule has 8 heteroatoms. The molecule has 3 rings (SSSR count). The van der Waals surface area contributed by atoms with Crippen molar-refractivity contribution in [3.05, 3.63) is 77.0 Å². The summed E-state index contributed by atoms with van der Waals surface area (Å²) >= 11 is 5.34. The number of hydrogen-bond acceptors (Lipinski definition) is 4. The topological polar surface area (TPSA) is 97.7 Å². The van der Waals surface area contributed by atoms with Crippen LogP contribution in [-0.4, -0.2) is 20.9 Å². The predicted octanol–water partition coefficient (Wildman–Crippen LogP) is 3.47. The van der Waals surface area contributed by atoms with Crippen molar-refractivity contribution in [3.8, 4) is 11.1 Å². The highest BCUT2D eigenvalue weighted by atomic mass is 32.1. The number of aromatic nitrogens is 2. The number of rotatable bonds is 5. The van der Waals surface area contributed by atoms with Gasteiger partial charge in [-0.1, -0.05) is 24.4 Å². The Bertz CT molecular complexity index is 1110. The van der Waals surface area contributed by atoms with Crippen LogP contribution in [0.25, 0.3) is 11.1 Å². The molecule has 3 aromatic rings. The van der Waals surface area contributed by atoms with Crippen molar-refractivity contribution in [2.45, 2.75) is 27.0 Å². The number of hydrogen-bond donors (Lipinski definition) is 3. The zero-order valence-electron chi connectivity index (χ0n) is 16.9. The molecule has 30 heavy (non-hydrogen) atoms. The number of aromatic amines is 1. The number of amidine groups is 1. The van der Waals surface area contributed by atoms with E-state index in [-0.39, 0.29) is 0 Å². The average molecular weight is 425 g/mol. The van der Waals surface area contributed by atoms with Gasteiger partial charge in [0.2, 0.25) is 6.23 Å². The number of thiocarbonyl (C=S) groups is 1. The van der Waals surface area contributed by atoms with Crippen molar-refractivity contribution in [2.24, 2.45) is 10.7 Å². The lowest BCUT2D eigenvalue weighted by Gasteiger charge is -2.12. The quantitative estimate of drug-likeness (QED) is 0.252. The van der Waals surface area contributed by atoms with Gasteiger partial charge in [0.15, 0.2) is 0 Å². The summed E-state index contributed by atoms with van der Waals surface area (Å²) in [6.07, 6.45) is 3.27. The second-order valence-electron chi connectivity index (χ2n) is 6.96. The molecule has 0 saturated carbocycles. The van der Waals surface area contributed by atoms with Gasteiger partial charge in [0, 0.05) is 29.0 Å². The van der Waals surface area contributed by atoms with Crippen molar-refractivity contribution in [3.63, 3.8) is 0 Å². The fraction of sp³-hybridized carbons (Fsp3) is 0.182. The van der Waals surface area contributed by atoms with Crippen LogP contribution in [0.2, 0.25) is 0 Å². The smallest absolute Gasteiger partial charge is 0.274 e. The number of aliphatic imine (C=N–C) groups is 1. The Morgan fingerprint density at radius 3 is 2.70 bits per heavy atom. The molecular weight excluding hydrogens is 401 g/mol. The molecule has 154 valence electrons. The summed E-state index contributed by atoms with van der Waals surface area (Å²) in [7, 11) is 0. The molecule has 0 aliphatic carbocycles. The van der Waals surface area contributed by atoms with Gasteiger partial charge in [0.05, 0.1) is 18.2 Å². The van der Waals surface area contributed by atoms with Crippen LogP contribution in [0.3, 0.4) is 0 Å². The van der Waals surface area contributed by atoms with Crippen LogP contribution in [0.5, 0.6) is 0 Å². The molecule has 0 bridgehead atoms. The zero-order chi connectivity index (χ0) is 21.8. The van der Waals surface area contributed by atoms with Crippen LogP contribution in [0.4, 0.5) is 10.2 Å². The lowest BCUT2D eigenvalue weighted by Crippen LogP contribution is -2.19. The molecule has 2 aromatic heterocycles. The third-order valence-electron chi connectivity index (χ3n) is 4.67. The number of H-pyrrole nitrogens is 1. The number of aliphatic hydroxyl groups is 1. The van der Waals surface area contributed by atoms with Gasteiger partial charge >= 0.3 is 0 Å². The van der Waals surface area contributed by atoms with Crippen LogP contribution in [0.1, 0.15) is 35.4 Å². The van der Waals surface area contributed by atoms with Crippen LogP contribution < -0.4 is 16.0 Å². The molecule has 0 saturated heterocycles. The van der Waals surface area contributed by atoms with Crippen LogP contribution >= 0.6 is 12.2 Å². The fourth-order valence-electron chi connectivity index (χ4n) is 2.99. The van der Waals surface area contributed by atoms with Crippen LogP contribution in [0, 0.1) is 19.7 Å². The number of anilines is 1. The summed E-state index contributed by atoms with van der Waals surface area (Å²) in [5.74, 6) is 0.519. The molecule has 0 spiro atoms. The molecule has 0 aliphatic rings. The van der Waals surface area contributed by atoms with Gasteiger partial charge in [-0.3, -0.25) is 4.98 Å². The Morgan fingerprint density at radius 1 is 1.27 bits per heavy atom. The minimum atomic E-state index is -1.10. The maximum absolute atomic E-state index is 13.7. The number of nitrogens with zero attached hydrogens (tertiary/aromatic N) is 2. The Kier molecular flexibility index (Phi) is 6.49. The molecule has 6 nitrogen and oxygen atoms in total. The summed E-state index contributed by atoms with van der Waals surface area (Å²) < 4.78 is 13.7. The lowest BCUT2D eigenvalue weighted by molar-refractivity contribution is -0.361. The number of nitrogens with one attached hydrogen (secondary N) is 2. The molecular formula is C22H23FN5OS+. The number of pyridine rings is 2. The number of aryl methyl sites for hydroxylation is 1. The second kappa shape index (κ2) is 9.06. The second-order valence-corrected chi connectivity index (χ2v) is 7.35. The molecule has 1 atom stereocenters. The summed E-state index contributed by atoms with van der Waals surface area (Å²) in [5, 5.41) is 13.3. The predicted molar refractivity (Wildman–Crippen MR) is 120 cm³/mol. The first-order chi connectivity index (χ1) is 14.3. The van der Waals surface area contributed by atoms with E-state index in [4.69, 9.17) is 18.0 Å². The van der Waals surface area contributed by atoms with Gasteiger partial charge in [-0.05, 0) is 49.6 Å². The van der Waals surface area contributed by atoms with Crippen LogP contribution in [-0.2, 0) is 0 Å². The third-order valence-corrected chi connectivity index (χ3v) is 4.99. The maximum Gasteiger partial charge on any atom is 0.274 e.